The van der Waals surface area contributed by atoms with E-state index < -0.39 is 17.0 Å². The number of hydrogen-bond donors (Lipinski definition) is 0. The standard InChI is InChI=1S/C24H29FO4/c1-12(26)24(29-13(2)27)8-6-16-14-10-20(25)19-11-21(28)15-9-18(15)23(19,4)17(14)5-7-22(16,24)3/h10-11,14-18H,5-9H2,1-4H3. The first-order valence-electron chi connectivity index (χ1n) is 10.9. The molecule has 5 heteroatoms. The van der Waals surface area contributed by atoms with Crippen LogP contribution >= 0.6 is 0 Å². The van der Waals surface area contributed by atoms with Crippen molar-refractivity contribution in [3.63, 3.8) is 0 Å². The Labute approximate surface area is 170 Å². The number of allylic oxidation sites excluding steroid dienone is 4. The second-order valence-electron chi connectivity index (χ2n) is 10.5. The zero-order valence-electron chi connectivity index (χ0n) is 17.6. The third kappa shape index (κ3) is 2.17. The number of ketones is 2. The molecule has 0 saturated heterocycles. The van der Waals surface area contributed by atoms with Crippen LogP contribution in [-0.4, -0.2) is 23.1 Å². The number of carbonyl (C=O) groups is 3. The van der Waals surface area contributed by atoms with E-state index in [4.69, 9.17) is 4.74 Å². The summed E-state index contributed by atoms with van der Waals surface area (Å²) in [6, 6.07) is 0. The minimum atomic E-state index is -1.11. The van der Waals surface area contributed by atoms with Crippen LogP contribution in [-0.2, 0) is 19.1 Å². The van der Waals surface area contributed by atoms with E-state index in [0.29, 0.717) is 12.0 Å². The van der Waals surface area contributed by atoms with Gasteiger partial charge in [0.15, 0.2) is 17.2 Å². The Morgan fingerprint density at radius 3 is 2.45 bits per heavy atom. The molecule has 3 saturated carbocycles. The lowest BCUT2D eigenvalue weighted by Gasteiger charge is -2.57. The van der Waals surface area contributed by atoms with Gasteiger partial charge in [-0.15, -0.1) is 0 Å². The number of esters is 1. The molecule has 0 bridgehead atoms. The van der Waals surface area contributed by atoms with Gasteiger partial charge in [0.05, 0.1) is 0 Å². The van der Waals surface area contributed by atoms with E-state index in [9.17, 15) is 14.4 Å². The zero-order chi connectivity index (χ0) is 20.9. The lowest BCUT2D eigenvalue weighted by molar-refractivity contribution is -0.185. The van der Waals surface area contributed by atoms with Crippen LogP contribution in [0.5, 0.6) is 0 Å². The van der Waals surface area contributed by atoms with Crippen molar-refractivity contribution in [2.24, 2.45) is 40.4 Å². The Bertz CT molecular complexity index is 903. The number of halogens is 1. The fourth-order valence-electron chi connectivity index (χ4n) is 8.03. The maximum absolute atomic E-state index is 15.3. The Kier molecular flexibility index (Phi) is 3.76. The van der Waals surface area contributed by atoms with Gasteiger partial charge in [0, 0.05) is 23.7 Å². The number of rotatable bonds is 2. The first-order chi connectivity index (χ1) is 13.6. The summed E-state index contributed by atoms with van der Waals surface area (Å²) in [7, 11) is 0. The molecule has 0 N–H and O–H groups in total. The Morgan fingerprint density at radius 1 is 1.10 bits per heavy atom. The molecule has 5 aliphatic carbocycles. The van der Waals surface area contributed by atoms with E-state index >= 15 is 4.39 Å². The normalized spacial score (nSPS) is 49.7. The van der Waals surface area contributed by atoms with Crippen molar-refractivity contribution in [1.29, 1.82) is 0 Å². The SMILES string of the molecule is CC(=O)OC1(C(C)=O)CCC2C3C=C(F)C4=CC(=O)C5CC5C4(C)C3CCC21C. The zero-order valence-corrected chi connectivity index (χ0v) is 17.6. The van der Waals surface area contributed by atoms with Crippen LogP contribution in [0.1, 0.15) is 59.8 Å². The maximum atomic E-state index is 15.3. The van der Waals surface area contributed by atoms with Gasteiger partial charge >= 0.3 is 5.97 Å². The molecule has 29 heavy (non-hydrogen) atoms. The average molecular weight is 400 g/mol. The van der Waals surface area contributed by atoms with Gasteiger partial charge in [-0.3, -0.25) is 14.4 Å². The van der Waals surface area contributed by atoms with Crippen LogP contribution in [0.4, 0.5) is 4.39 Å². The summed E-state index contributed by atoms with van der Waals surface area (Å²) in [5.41, 5.74) is -1.32. The van der Waals surface area contributed by atoms with Gasteiger partial charge in [0.1, 0.15) is 5.83 Å². The lowest BCUT2D eigenvalue weighted by Crippen LogP contribution is -2.58. The highest BCUT2D eigenvalue weighted by atomic mass is 19.1. The van der Waals surface area contributed by atoms with Crippen molar-refractivity contribution in [2.75, 3.05) is 0 Å². The van der Waals surface area contributed by atoms with Gasteiger partial charge in [-0.2, -0.15) is 0 Å². The largest absolute Gasteiger partial charge is 0.451 e. The molecule has 0 heterocycles. The number of ether oxygens (including phenoxy) is 1. The number of carbonyl (C=O) groups excluding carboxylic acids is 3. The van der Waals surface area contributed by atoms with Crippen molar-refractivity contribution in [3.05, 3.63) is 23.6 Å². The fraction of sp³-hybridized carbons (Fsp3) is 0.708. The Hall–Kier alpha value is -1.78. The molecule has 0 aromatic rings. The minimum Gasteiger partial charge on any atom is -0.451 e. The summed E-state index contributed by atoms with van der Waals surface area (Å²) < 4.78 is 21.1. The van der Waals surface area contributed by atoms with Crippen molar-refractivity contribution < 1.29 is 23.5 Å². The minimum absolute atomic E-state index is 0.00198. The van der Waals surface area contributed by atoms with Crippen molar-refractivity contribution >= 4 is 17.5 Å². The van der Waals surface area contributed by atoms with Gasteiger partial charge in [-0.25, -0.2) is 4.39 Å². The van der Waals surface area contributed by atoms with Crippen LogP contribution in [0.25, 0.3) is 0 Å². The lowest BCUT2D eigenvalue weighted by atomic mass is 9.47. The number of Topliss-reactive ketones (excluding diaryl/α,β-unsaturated/α-hetero) is 1. The Balaban J connectivity index is 1.60. The maximum Gasteiger partial charge on any atom is 0.303 e. The van der Waals surface area contributed by atoms with Crippen LogP contribution < -0.4 is 0 Å². The van der Waals surface area contributed by atoms with E-state index in [2.05, 4.69) is 13.8 Å². The van der Waals surface area contributed by atoms with Gasteiger partial charge in [-0.05, 0) is 80.4 Å². The van der Waals surface area contributed by atoms with E-state index in [1.165, 1.54) is 13.8 Å². The van der Waals surface area contributed by atoms with Gasteiger partial charge < -0.3 is 4.74 Å². The highest BCUT2D eigenvalue weighted by Gasteiger charge is 2.70. The summed E-state index contributed by atoms with van der Waals surface area (Å²) >= 11 is 0. The molecule has 4 nitrogen and oxygen atoms in total. The third-order valence-electron chi connectivity index (χ3n) is 9.50. The molecule has 0 aromatic carbocycles. The highest BCUT2D eigenvalue weighted by Crippen LogP contribution is 2.72. The monoisotopic (exact) mass is 400 g/mol. The van der Waals surface area contributed by atoms with Gasteiger partial charge in [-0.1, -0.05) is 13.8 Å². The van der Waals surface area contributed by atoms with Gasteiger partial charge in [0.2, 0.25) is 0 Å². The number of fused-ring (bicyclic) bond motifs is 7. The van der Waals surface area contributed by atoms with E-state index in [-0.39, 0.29) is 52.4 Å². The smallest absolute Gasteiger partial charge is 0.303 e. The van der Waals surface area contributed by atoms with Crippen LogP contribution in [0.15, 0.2) is 23.6 Å². The number of hydrogen-bond acceptors (Lipinski definition) is 4. The molecule has 156 valence electrons. The van der Waals surface area contributed by atoms with Crippen LogP contribution in [0.2, 0.25) is 0 Å². The summed E-state index contributed by atoms with van der Waals surface area (Å²) in [4.78, 5) is 36.9. The quantitative estimate of drug-likeness (QED) is 0.647. The highest BCUT2D eigenvalue weighted by molar-refractivity contribution is 5.97. The summed E-state index contributed by atoms with van der Waals surface area (Å²) in [5, 5.41) is 0. The van der Waals surface area contributed by atoms with Crippen LogP contribution in [0, 0.1) is 40.4 Å². The molecule has 0 aliphatic heterocycles. The first kappa shape index (κ1) is 19.2. The second kappa shape index (κ2) is 5.67. The van der Waals surface area contributed by atoms with Gasteiger partial charge in [0.25, 0.3) is 0 Å². The van der Waals surface area contributed by atoms with Crippen molar-refractivity contribution in [2.45, 2.75) is 65.4 Å². The van der Waals surface area contributed by atoms with Crippen LogP contribution in [0.3, 0.4) is 0 Å². The molecular weight excluding hydrogens is 371 g/mol. The van der Waals surface area contributed by atoms with Crippen molar-refractivity contribution in [1.82, 2.24) is 0 Å². The molecule has 5 rings (SSSR count). The topological polar surface area (TPSA) is 60.4 Å². The fourth-order valence-corrected chi connectivity index (χ4v) is 8.03. The molecule has 0 radical (unpaired) electrons. The predicted molar refractivity (Wildman–Crippen MR) is 104 cm³/mol. The average Bonchev–Trinajstić information content (AvgIpc) is 3.39. The van der Waals surface area contributed by atoms with E-state index in [0.717, 1.165) is 25.7 Å². The molecule has 0 aromatic heterocycles. The molecule has 8 unspecified atom stereocenters. The third-order valence-corrected chi connectivity index (χ3v) is 9.50. The second-order valence-corrected chi connectivity index (χ2v) is 10.5. The summed E-state index contributed by atoms with van der Waals surface area (Å²) in [6.07, 6.45) is 7.02. The molecule has 0 spiro atoms. The van der Waals surface area contributed by atoms with E-state index in [1.807, 2.05) is 0 Å². The predicted octanol–water partition coefficient (Wildman–Crippen LogP) is 4.34. The molecule has 3 fully saturated rings. The Morgan fingerprint density at radius 2 is 1.79 bits per heavy atom. The van der Waals surface area contributed by atoms with Crippen molar-refractivity contribution in [3.8, 4) is 0 Å². The molecule has 8 atom stereocenters. The molecular formula is C24H29FO4. The molecule has 5 aliphatic rings. The summed E-state index contributed by atoms with van der Waals surface area (Å²) in [6.45, 7) is 7.10. The summed E-state index contributed by atoms with van der Waals surface area (Å²) in [5.74, 6) is -0.0727. The first-order valence-corrected chi connectivity index (χ1v) is 10.9. The van der Waals surface area contributed by atoms with E-state index in [1.54, 1.807) is 12.2 Å². The molecule has 0 amide bonds.